The molecular formula is C13H16F2N4. The van der Waals surface area contributed by atoms with Gasteiger partial charge in [0.2, 0.25) is 0 Å². The molecule has 0 radical (unpaired) electrons. The standard InChI is InChI=1S/C13H16F2N4/c14-13(15)7-12(13)4-1-5-19(8-12)10-3-2-9(6-18-10)11(16)17/h2-3,6H,1,4-5,7-8H2,(H3,16,17). The van der Waals surface area contributed by atoms with Crippen LogP contribution < -0.4 is 10.6 Å². The van der Waals surface area contributed by atoms with Crippen molar-refractivity contribution in [2.24, 2.45) is 11.1 Å². The molecule has 1 aliphatic carbocycles. The van der Waals surface area contributed by atoms with Crippen LogP contribution in [0.2, 0.25) is 0 Å². The van der Waals surface area contributed by atoms with Gasteiger partial charge in [-0.1, -0.05) is 0 Å². The van der Waals surface area contributed by atoms with Crippen LogP contribution in [0.4, 0.5) is 14.6 Å². The number of rotatable bonds is 2. The van der Waals surface area contributed by atoms with Crippen molar-refractivity contribution < 1.29 is 8.78 Å². The second-order valence-corrected chi connectivity index (χ2v) is 5.51. The van der Waals surface area contributed by atoms with E-state index in [1.54, 1.807) is 12.1 Å². The fraction of sp³-hybridized carbons (Fsp3) is 0.538. The second-order valence-electron chi connectivity index (χ2n) is 5.51. The first-order valence-corrected chi connectivity index (χ1v) is 6.37. The fourth-order valence-electron chi connectivity index (χ4n) is 2.88. The molecule has 1 spiro atoms. The third kappa shape index (κ3) is 1.95. The Morgan fingerprint density at radius 3 is 2.68 bits per heavy atom. The molecule has 2 heterocycles. The summed E-state index contributed by atoms with van der Waals surface area (Å²) < 4.78 is 26.9. The topological polar surface area (TPSA) is 66.0 Å². The number of hydrogen-bond donors (Lipinski definition) is 2. The molecule has 2 fully saturated rings. The maximum absolute atomic E-state index is 13.4. The van der Waals surface area contributed by atoms with Crippen LogP contribution in [0.5, 0.6) is 0 Å². The smallest absolute Gasteiger partial charge is 0.256 e. The lowest BCUT2D eigenvalue weighted by molar-refractivity contribution is 0.0575. The Morgan fingerprint density at radius 1 is 1.42 bits per heavy atom. The minimum atomic E-state index is -2.51. The van der Waals surface area contributed by atoms with E-state index in [9.17, 15) is 8.78 Å². The molecule has 19 heavy (non-hydrogen) atoms. The van der Waals surface area contributed by atoms with Gasteiger partial charge in [0.15, 0.2) is 0 Å². The quantitative estimate of drug-likeness (QED) is 0.635. The predicted octanol–water partition coefficient (Wildman–Crippen LogP) is 1.99. The Labute approximate surface area is 110 Å². The number of amidine groups is 1. The molecule has 1 unspecified atom stereocenters. The Bertz CT molecular complexity index is 514. The monoisotopic (exact) mass is 266 g/mol. The van der Waals surface area contributed by atoms with Crippen molar-refractivity contribution in [3.8, 4) is 0 Å². The average molecular weight is 266 g/mol. The highest BCUT2D eigenvalue weighted by atomic mass is 19.3. The van der Waals surface area contributed by atoms with E-state index >= 15 is 0 Å². The Morgan fingerprint density at radius 2 is 2.16 bits per heavy atom. The first-order chi connectivity index (χ1) is 8.94. The number of halogens is 2. The highest BCUT2D eigenvalue weighted by Gasteiger charge is 2.71. The van der Waals surface area contributed by atoms with Gasteiger partial charge in [-0.15, -0.1) is 0 Å². The van der Waals surface area contributed by atoms with E-state index < -0.39 is 11.3 Å². The van der Waals surface area contributed by atoms with Gasteiger partial charge in [-0.2, -0.15) is 0 Å². The van der Waals surface area contributed by atoms with Gasteiger partial charge in [0.05, 0.1) is 5.41 Å². The van der Waals surface area contributed by atoms with Gasteiger partial charge in [0.1, 0.15) is 11.7 Å². The van der Waals surface area contributed by atoms with Gasteiger partial charge in [-0.05, 0) is 25.0 Å². The van der Waals surface area contributed by atoms with E-state index in [4.69, 9.17) is 11.1 Å². The van der Waals surface area contributed by atoms with Crippen LogP contribution in [-0.4, -0.2) is 29.8 Å². The third-order valence-corrected chi connectivity index (χ3v) is 4.17. The van der Waals surface area contributed by atoms with Crippen molar-refractivity contribution in [2.45, 2.75) is 25.2 Å². The largest absolute Gasteiger partial charge is 0.384 e. The van der Waals surface area contributed by atoms with Crippen molar-refractivity contribution in [1.82, 2.24) is 4.98 Å². The van der Waals surface area contributed by atoms with Crippen molar-refractivity contribution in [3.63, 3.8) is 0 Å². The molecule has 0 bridgehead atoms. The average Bonchev–Trinajstić information content (AvgIpc) is 2.89. The summed E-state index contributed by atoms with van der Waals surface area (Å²) in [6.07, 6.45) is 2.89. The van der Waals surface area contributed by atoms with Crippen LogP contribution in [0.25, 0.3) is 0 Å². The van der Waals surface area contributed by atoms with Crippen molar-refractivity contribution in [2.75, 3.05) is 18.0 Å². The van der Waals surface area contributed by atoms with Gasteiger partial charge >= 0.3 is 0 Å². The number of alkyl halides is 2. The first kappa shape index (κ1) is 12.3. The van der Waals surface area contributed by atoms with E-state index in [0.717, 1.165) is 13.0 Å². The summed E-state index contributed by atoms with van der Waals surface area (Å²) in [5, 5.41) is 7.30. The molecule has 102 valence electrons. The minimum Gasteiger partial charge on any atom is -0.384 e. The lowest BCUT2D eigenvalue weighted by Gasteiger charge is -2.34. The number of aromatic nitrogens is 1. The molecule has 4 nitrogen and oxygen atoms in total. The molecule has 1 saturated carbocycles. The molecule has 1 saturated heterocycles. The summed E-state index contributed by atoms with van der Waals surface area (Å²) in [5.74, 6) is -1.86. The maximum Gasteiger partial charge on any atom is 0.256 e. The Kier molecular flexibility index (Phi) is 2.52. The molecule has 1 aliphatic heterocycles. The van der Waals surface area contributed by atoms with Crippen molar-refractivity contribution in [3.05, 3.63) is 23.9 Å². The molecule has 1 atom stereocenters. The van der Waals surface area contributed by atoms with Crippen LogP contribution >= 0.6 is 0 Å². The van der Waals surface area contributed by atoms with Gasteiger partial charge in [0, 0.05) is 31.3 Å². The number of nitrogens with one attached hydrogen (secondary N) is 1. The molecule has 3 N–H and O–H groups in total. The van der Waals surface area contributed by atoms with E-state index in [2.05, 4.69) is 4.98 Å². The summed E-state index contributed by atoms with van der Waals surface area (Å²) in [6.45, 7) is 1.12. The molecular weight excluding hydrogens is 250 g/mol. The van der Waals surface area contributed by atoms with Crippen LogP contribution in [0.3, 0.4) is 0 Å². The summed E-state index contributed by atoms with van der Waals surface area (Å²) in [4.78, 5) is 6.14. The van der Waals surface area contributed by atoms with Crippen molar-refractivity contribution >= 4 is 11.7 Å². The fourth-order valence-corrected chi connectivity index (χ4v) is 2.88. The first-order valence-electron chi connectivity index (χ1n) is 6.37. The van der Waals surface area contributed by atoms with E-state index in [0.29, 0.717) is 24.3 Å². The number of nitrogen functional groups attached to an aromatic ring is 1. The van der Waals surface area contributed by atoms with E-state index in [1.165, 1.54) is 6.20 Å². The lowest BCUT2D eigenvalue weighted by atomic mass is 9.94. The molecule has 1 aromatic rings. The molecule has 1 aromatic heterocycles. The molecule has 0 aromatic carbocycles. The van der Waals surface area contributed by atoms with E-state index in [1.807, 2.05) is 4.90 Å². The van der Waals surface area contributed by atoms with E-state index in [-0.39, 0.29) is 12.3 Å². The number of pyridine rings is 1. The maximum atomic E-state index is 13.4. The minimum absolute atomic E-state index is 0.00201. The van der Waals surface area contributed by atoms with Crippen LogP contribution in [0, 0.1) is 10.8 Å². The number of nitrogens with two attached hydrogens (primary N) is 1. The molecule has 3 rings (SSSR count). The number of piperidine rings is 1. The summed E-state index contributed by atoms with van der Waals surface area (Å²) in [7, 11) is 0. The zero-order chi connectivity index (χ0) is 13.7. The highest BCUT2D eigenvalue weighted by molar-refractivity contribution is 5.94. The zero-order valence-corrected chi connectivity index (χ0v) is 10.5. The molecule has 0 amide bonds. The number of nitrogens with zero attached hydrogens (tertiary/aromatic N) is 2. The Hall–Kier alpha value is -1.72. The summed E-state index contributed by atoms with van der Waals surface area (Å²) in [5.41, 5.74) is 5.08. The number of hydrogen-bond acceptors (Lipinski definition) is 3. The number of anilines is 1. The third-order valence-electron chi connectivity index (χ3n) is 4.17. The van der Waals surface area contributed by atoms with Gasteiger partial charge in [0.25, 0.3) is 5.92 Å². The van der Waals surface area contributed by atoms with Crippen LogP contribution in [-0.2, 0) is 0 Å². The molecule has 2 aliphatic rings. The Balaban J connectivity index is 1.77. The second kappa shape index (κ2) is 3.88. The summed E-state index contributed by atoms with van der Waals surface area (Å²) >= 11 is 0. The SMILES string of the molecule is N=C(N)c1ccc(N2CCCC3(C2)CC3(F)F)nc1. The molecule has 6 heteroatoms. The summed E-state index contributed by atoms with van der Waals surface area (Å²) in [6, 6.07) is 3.45. The normalized spacial score (nSPS) is 28.4. The lowest BCUT2D eigenvalue weighted by Crippen LogP contribution is -2.39. The predicted molar refractivity (Wildman–Crippen MR) is 68.7 cm³/mol. The van der Waals surface area contributed by atoms with Gasteiger partial charge in [-0.3, -0.25) is 5.41 Å². The van der Waals surface area contributed by atoms with Gasteiger partial charge < -0.3 is 10.6 Å². The van der Waals surface area contributed by atoms with Crippen LogP contribution in [0.15, 0.2) is 18.3 Å². The van der Waals surface area contributed by atoms with Gasteiger partial charge in [-0.25, -0.2) is 13.8 Å². The zero-order valence-electron chi connectivity index (χ0n) is 10.5. The van der Waals surface area contributed by atoms with Crippen molar-refractivity contribution in [1.29, 1.82) is 5.41 Å². The highest BCUT2D eigenvalue weighted by Crippen LogP contribution is 2.64. The van der Waals surface area contributed by atoms with Crippen LogP contribution in [0.1, 0.15) is 24.8 Å².